The van der Waals surface area contributed by atoms with Crippen molar-refractivity contribution in [2.24, 2.45) is 23.5 Å². The number of ether oxygens (including phenoxy) is 1. The molecule has 1 heterocycles. The van der Waals surface area contributed by atoms with E-state index < -0.39 is 30.1 Å². The van der Waals surface area contributed by atoms with Gasteiger partial charge in [-0.2, -0.15) is 0 Å². The molecule has 7 atom stereocenters. The summed E-state index contributed by atoms with van der Waals surface area (Å²) in [5.74, 6) is -0.984. The highest BCUT2D eigenvalue weighted by Gasteiger charge is 2.43. The second kappa shape index (κ2) is 8.81. The average Bonchev–Trinajstić information content (AvgIpc) is 2.53. The lowest BCUT2D eigenvalue weighted by Crippen LogP contribution is -2.58. The van der Waals surface area contributed by atoms with Gasteiger partial charge in [0.05, 0.1) is 12.6 Å². The van der Waals surface area contributed by atoms with Crippen LogP contribution in [0.4, 0.5) is 0 Å². The molecule has 1 aliphatic carbocycles. The van der Waals surface area contributed by atoms with Gasteiger partial charge in [0, 0.05) is 12.0 Å². The molecule has 5 N–H and O–H groups in total. The van der Waals surface area contributed by atoms with Crippen LogP contribution in [0.15, 0.2) is 0 Å². The minimum absolute atomic E-state index is 0.0237. The van der Waals surface area contributed by atoms with Crippen LogP contribution in [-0.2, 0) is 19.1 Å². The molecule has 1 saturated heterocycles. The van der Waals surface area contributed by atoms with E-state index in [4.69, 9.17) is 10.5 Å². The van der Waals surface area contributed by atoms with Crippen LogP contribution in [-0.4, -0.2) is 53.7 Å². The highest BCUT2D eigenvalue weighted by atomic mass is 16.5. The van der Waals surface area contributed by atoms with Crippen LogP contribution in [0.25, 0.3) is 0 Å². The molecule has 1 unspecified atom stereocenters. The van der Waals surface area contributed by atoms with Gasteiger partial charge in [-0.05, 0) is 38.0 Å². The molecule has 0 radical (unpaired) electrons. The zero-order valence-electron chi connectivity index (χ0n) is 15.7. The quantitative estimate of drug-likeness (QED) is 0.461. The lowest BCUT2D eigenvalue weighted by Gasteiger charge is -2.43. The molecule has 0 aromatic carbocycles. The number of carboxylic acids is 1. The summed E-state index contributed by atoms with van der Waals surface area (Å²) in [6.45, 7) is 6.35. The summed E-state index contributed by atoms with van der Waals surface area (Å²) in [6.07, 6.45) is 2.51. The molecule has 26 heavy (non-hydrogen) atoms. The topological polar surface area (TPSA) is 131 Å². The van der Waals surface area contributed by atoms with E-state index in [1.165, 1.54) is 6.92 Å². The van der Waals surface area contributed by atoms with Crippen LogP contribution < -0.4 is 16.4 Å². The molecule has 0 aromatic rings. The molecule has 8 heteroatoms. The fourth-order valence-electron chi connectivity index (χ4n) is 3.47. The van der Waals surface area contributed by atoms with Crippen molar-refractivity contribution < 1.29 is 24.2 Å². The number of carboxylic acid groups (broad SMARTS) is 1. The minimum atomic E-state index is -1.09. The van der Waals surface area contributed by atoms with Crippen LogP contribution in [0.5, 0.6) is 0 Å². The summed E-state index contributed by atoms with van der Waals surface area (Å²) in [5.41, 5.74) is 5.48. The predicted octanol–water partition coefficient (Wildman–Crippen LogP) is 0.249. The van der Waals surface area contributed by atoms with E-state index >= 15 is 0 Å². The molecule has 148 valence electrons. The van der Waals surface area contributed by atoms with Gasteiger partial charge in [-0.15, -0.1) is 0 Å². The third-order valence-electron chi connectivity index (χ3n) is 5.80. The van der Waals surface area contributed by atoms with Crippen molar-refractivity contribution in [3.63, 3.8) is 0 Å². The van der Waals surface area contributed by atoms with Gasteiger partial charge < -0.3 is 26.2 Å². The van der Waals surface area contributed by atoms with E-state index in [0.717, 1.165) is 19.3 Å². The molecule has 8 nitrogen and oxygen atoms in total. The summed E-state index contributed by atoms with van der Waals surface area (Å²) in [6, 6.07) is -1.83. The zero-order chi connectivity index (χ0) is 19.4. The summed E-state index contributed by atoms with van der Waals surface area (Å²) >= 11 is 0. The second-order valence-corrected chi connectivity index (χ2v) is 7.68. The van der Waals surface area contributed by atoms with Crippen molar-refractivity contribution in [2.75, 3.05) is 6.61 Å². The van der Waals surface area contributed by atoms with Gasteiger partial charge in [-0.1, -0.05) is 20.3 Å². The maximum Gasteiger partial charge on any atom is 0.326 e. The Bertz CT molecular complexity index is 539. The van der Waals surface area contributed by atoms with Crippen molar-refractivity contribution in [1.29, 1.82) is 0 Å². The van der Waals surface area contributed by atoms with E-state index in [-0.39, 0.29) is 30.2 Å². The molecular formula is C18H31N3O5. The van der Waals surface area contributed by atoms with Crippen molar-refractivity contribution in [3.05, 3.63) is 0 Å². The number of rotatable bonds is 9. The first-order chi connectivity index (χ1) is 12.2. The van der Waals surface area contributed by atoms with Crippen LogP contribution in [0.3, 0.4) is 0 Å². The summed E-state index contributed by atoms with van der Waals surface area (Å²) in [5, 5.41) is 14.8. The van der Waals surface area contributed by atoms with Gasteiger partial charge in [-0.25, -0.2) is 4.79 Å². The Kier molecular flexibility index (Phi) is 7.00. The average molecular weight is 369 g/mol. The SMILES string of the molecule is CC[C@H](C)[C@@H]1CO[C@H]1C(=O)NC1CC[C@@H]1C[C@H](NC(=O)[C@H](C)N)C(=O)O. The highest BCUT2D eigenvalue weighted by Crippen LogP contribution is 2.34. The number of hydrogen-bond donors (Lipinski definition) is 4. The number of carbonyl (C=O) groups excluding carboxylic acids is 2. The summed E-state index contributed by atoms with van der Waals surface area (Å²) in [4.78, 5) is 35.5. The molecular weight excluding hydrogens is 338 g/mol. The van der Waals surface area contributed by atoms with E-state index in [9.17, 15) is 19.5 Å². The Morgan fingerprint density at radius 1 is 1.27 bits per heavy atom. The highest BCUT2D eigenvalue weighted by molar-refractivity contribution is 5.86. The van der Waals surface area contributed by atoms with Crippen LogP contribution in [0, 0.1) is 17.8 Å². The Labute approximate surface area is 154 Å². The number of amides is 2. The fraction of sp³-hybridized carbons (Fsp3) is 0.833. The second-order valence-electron chi connectivity index (χ2n) is 7.68. The molecule has 1 saturated carbocycles. The van der Waals surface area contributed by atoms with Gasteiger partial charge in [0.1, 0.15) is 12.1 Å². The number of aliphatic carboxylic acids is 1. The summed E-state index contributed by atoms with van der Waals surface area (Å²) < 4.78 is 5.45. The zero-order valence-corrected chi connectivity index (χ0v) is 15.7. The molecule has 2 rings (SSSR count). The van der Waals surface area contributed by atoms with Crippen LogP contribution >= 0.6 is 0 Å². The minimum Gasteiger partial charge on any atom is -0.480 e. The maximum absolute atomic E-state index is 12.5. The number of carbonyl (C=O) groups is 3. The monoisotopic (exact) mass is 369 g/mol. The van der Waals surface area contributed by atoms with Crippen molar-refractivity contribution >= 4 is 17.8 Å². The number of hydrogen-bond acceptors (Lipinski definition) is 5. The molecule has 2 amide bonds. The van der Waals surface area contributed by atoms with Crippen molar-refractivity contribution in [3.8, 4) is 0 Å². The molecule has 0 aromatic heterocycles. The number of nitrogens with two attached hydrogens (primary N) is 1. The molecule has 0 bridgehead atoms. The normalized spacial score (nSPS) is 30.9. The van der Waals surface area contributed by atoms with Gasteiger partial charge in [0.25, 0.3) is 0 Å². The smallest absolute Gasteiger partial charge is 0.326 e. The predicted molar refractivity (Wildman–Crippen MR) is 95.2 cm³/mol. The van der Waals surface area contributed by atoms with Crippen molar-refractivity contribution in [2.45, 2.75) is 70.7 Å². The number of nitrogens with one attached hydrogen (secondary N) is 2. The van der Waals surface area contributed by atoms with Gasteiger partial charge in [0.2, 0.25) is 11.8 Å². The first-order valence-electron chi connectivity index (χ1n) is 9.45. The van der Waals surface area contributed by atoms with E-state index in [2.05, 4.69) is 24.5 Å². The van der Waals surface area contributed by atoms with Gasteiger partial charge >= 0.3 is 5.97 Å². The molecule has 2 aliphatic rings. The fourth-order valence-corrected chi connectivity index (χ4v) is 3.47. The third kappa shape index (κ3) is 4.73. The van der Waals surface area contributed by atoms with Gasteiger partial charge in [-0.3, -0.25) is 9.59 Å². The Hall–Kier alpha value is -1.67. The lowest BCUT2D eigenvalue weighted by molar-refractivity contribution is -0.169. The first kappa shape index (κ1) is 20.6. The standard InChI is InChI=1S/C18H31N3O5/c1-4-9(2)12-8-26-15(12)17(23)20-13-6-5-11(13)7-14(18(24)25)21-16(22)10(3)19/h9-15H,4-8,19H2,1-3H3,(H,20,23)(H,21,22)(H,24,25)/t9-,10-,11+,12-,13?,14-,15+/m0/s1. The maximum atomic E-state index is 12.5. The Balaban J connectivity index is 1.85. The third-order valence-corrected chi connectivity index (χ3v) is 5.80. The first-order valence-corrected chi connectivity index (χ1v) is 9.45. The lowest BCUT2D eigenvalue weighted by atomic mass is 9.75. The summed E-state index contributed by atoms with van der Waals surface area (Å²) in [7, 11) is 0. The van der Waals surface area contributed by atoms with Crippen molar-refractivity contribution in [1.82, 2.24) is 10.6 Å². The Morgan fingerprint density at radius 2 is 1.96 bits per heavy atom. The van der Waals surface area contributed by atoms with E-state index in [1.54, 1.807) is 0 Å². The molecule has 0 spiro atoms. The molecule has 1 aliphatic heterocycles. The van der Waals surface area contributed by atoms with Crippen LogP contribution in [0.1, 0.15) is 46.5 Å². The van der Waals surface area contributed by atoms with E-state index in [1.807, 2.05) is 0 Å². The van der Waals surface area contributed by atoms with Gasteiger partial charge in [0.15, 0.2) is 0 Å². The molecule has 2 fully saturated rings. The Morgan fingerprint density at radius 3 is 2.38 bits per heavy atom. The van der Waals surface area contributed by atoms with E-state index in [0.29, 0.717) is 12.5 Å². The van der Waals surface area contributed by atoms with Crippen LogP contribution in [0.2, 0.25) is 0 Å². The largest absolute Gasteiger partial charge is 0.480 e.